The molecule has 0 radical (unpaired) electrons. The summed E-state index contributed by atoms with van der Waals surface area (Å²) in [5.41, 5.74) is 4.69. The molecule has 0 bridgehead atoms. The number of benzene rings is 1. The summed E-state index contributed by atoms with van der Waals surface area (Å²) < 4.78 is 5.96. The number of nitrogens with zero attached hydrogens (tertiary/aromatic N) is 1. The molecule has 0 atom stereocenters. The van der Waals surface area contributed by atoms with Crippen molar-refractivity contribution in [2.75, 3.05) is 6.61 Å². The highest BCUT2D eigenvalue weighted by molar-refractivity contribution is 6.02. The normalized spacial score (nSPS) is 13.5. The highest BCUT2D eigenvalue weighted by Gasteiger charge is 2.30. The van der Waals surface area contributed by atoms with Crippen molar-refractivity contribution >= 4 is 5.91 Å². The van der Waals surface area contributed by atoms with E-state index in [0.717, 1.165) is 34.6 Å². The Morgan fingerprint density at radius 2 is 1.79 bits per heavy atom. The minimum Gasteiger partial charge on any atom is -0.493 e. The van der Waals surface area contributed by atoms with E-state index in [4.69, 9.17) is 4.74 Å². The van der Waals surface area contributed by atoms with Crippen LogP contribution in [0, 0.1) is 0 Å². The van der Waals surface area contributed by atoms with Gasteiger partial charge in [-0.25, -0.2) is 0 Å². The number of amides is 1. The monoisotopic (exact) mass is 399 g/mol. The molecule has 2 rings (SSSR count). The average Bonchev–Trinajstić information content (AvgIpc) is 2.94. The van der Waals surface area contributed by atoms with Crippen LogP contribution in [0.15, 0.2) is 53.8 Å². The molecule has 1 aromatic rings. The molecule has 1 amide bonds. The van der Waals surface area contributed by atoms with E-state index in [-0.39, 0.29) is 5.91 Å². The Kier molecular flexibility index (Phi) is 12.7. The van der Waals surface area contributed by atoms with Gasteiger partial charge in [-0.2, -0.15) is 0 Å². The molecule has 0 aliphatic carbocycles. The van der Waals surface area contributed by atoms with Crippen LogP contribution in [0.3, 0.4) is 0 Å². The fourth-order valence-electron chi connectivity index (χ4n) is 2.89. The molecule has 0 saturated carbocycles. The van der Waals surface area contributed by atoms with Crippen LogP contribution in [0.25, 0.3) is 0 Å². The van der Waals surface area contributed by atoms with Crippen molar-refractivity contribution in [2.45, 2.75) is 81.2 Å². The second kappa shape index (κ2) is 13.8. The Balaban J connectivity index is 0.00000184. The standard InChI is InChI=1S/C22H29NO2.2C2H6/c1-7-9-20-16(5)17(6)23(22(20)24)14-19-11-10-18(15(3)4)13-21(19)25-12-8-2;2*1-2/h7,9-11,13,15H,6,8,12,14H2,1-5H3;2*1-2H3/b9-7-;;. The maximum Gasteiger partial charge on any atom is 0.258 e. The van der Waals surface area contributed by atoms with Crippen molar-refractivity contribution in [3.05, 3.63) is 64.9 Å². The van der Waals surface area contributed by atoms with Gasteiger partial charge in [0, 0.05) is 16.8 Å². The molecule has 1 heterocycles. The van der Waals surface area contributed by atoms with E-state index >= 15 is 0 Å². The number of rotatable bonds is 7. The second-order valence-electron chi connectivity index (χ2n) is 6.75. The molecule has 29 heavy (non-hydrogen) atoms. The van der Waals surface area contributed by atoms with Gasteiger partial charge in [-0.15, -0.1) is 0 Å². The van der Waals surface area contributed by atoms with Gasteiger partial charge in [-0.1, -0.05) is 79.3 Å². The van der Waals surface area contributed by atoms with E-state index in [2.05, 4.69) is 45.5 Å². The van der Waals surface area contributed by atoms with Crippen LogP contribution < -0.4 is 4.74 Å². The van der Waals surface area contributed by atoms with Gasteiger partial charge in [0.25, 0.3) is 5.91 Å². The number of hydrogen-bond acceptors (Lipinski definition) is 2. The van der Waals surface area contributed by atoms with Crippen LogP contribution in [0.1, 0.15) is 85.8 Å². The van der Waals surface area contributed by atoms with Crippen LogP contribution >= 0.6 is 0 Å². The topological polar surface area (TPSA) is 29.5 Å². The van der Waals surface area contributed by atoms with Crippen molar-refractivity contribution in [2.24, 2.45) is 0 Å². The summed E-state index contributed by atoms with van der Waals surface area (Å²) >= 11 is 0. The Labute approximate surface area is 179 Å². The lowest BCUT2D eigenvalue weighted by molar-refractivity contribution is -0.124. The third kappa shape index (κ3) is 6.92. The van der Waals surface area contributed by atoms with Crippen molar-refractivity contribution in [1.82, 2.24) is 4.90 Å². The van der Waals surface area contributed by atoms with Crippen LogP contribution in [0.5, 0.6) is 5.75 Å². The van der Waals surface area contributed by atoms with Crippen LogP contribution in [-0.2, 0) is 11.3 Å². The van der Waals surface area contributed by atoms with Crippen LogP contribution in [0.2, 0.25) is 0 Å². The first kappa shape index (κ1) is 26.7. The van der Waals surface area contributed by atoms with Gasteiger partial charge < -0.3 is 9.64 Å². The lowest BCUT2D eigenvalue weighted by Gasteiger charge is -2.21. The van der Waals surface area contributed by atoms with Gasteiger partial charge in [0.05, 0.1) is 13.2 Å². The van der Waals surface area contributed by atoms with Gasteiger partial charge in [0.2, 0.25) is 0 Å². The highest BCUT2D eigenvalue weighted by Crippen LogP contribution is 2.33. The predicted octanol–water partition coefficient (Wildman–Crippen LogP) is 7.40. The number of carbonyl (C=O) groups excluding carboxylic acids is 1. The molecule has 0 unspecified atom stereocenters. The minimum absolute atomic E-state index is 0.00924. The predicted molar refractivity (Wildman–Crippen MR) is 126 cm³/mol. The summed E-state index contributed by atoms with van der Waals surface area (Å²) in [6, 6.07) is 6.30. The number of carbonyl (C=O) groups is 1. The molecule has 3 nitrogen and oxygen atoms in total. The van der Waals surface area contributed by atoms with Gasteiger partial charge in [-0.3, -0.25) is 4.79 Å². The summed E-state index contributed by atoms with van der Waals surface area (Å²) in [6.07, 6.45) is 4.70. The summed E-state index contributed by atoms with van der Waals surface area (Å²) in [5, 5.41) is 0. The molecule has 3 heteroatoms. The third-order valence-electron chi connectivity index (χ3n) is 4.52. The maximum absolute atomic E-state index is 12.7. The molecule has 0 spiro atoms. The fourth-order valence-corrected chi connectivity index (χ4v) is 2.89. The molecular weight excluding hydrogens is 358 g/mol. The van der Waals surface area contributed by atoms with E-state index in [1.807, 2.05) is 53.7 Å². The zero-order valence-electron chi connectivity index (χ0n) is 20.1. The minimum atomic E-state index is 0.00924. The first-order chi connectivity index (χ1) is 13.9. The molecule has 0 aromatic heterocycles. The molecule has 0 saturated heterocycles. The quantitative estimate of drug-likeness (QED) is 0.478. The molecular formula is C26H41NO2. The number of hydrogen-bond donors (Lipinski definition) is 0. The van der Waals surface area contributed by atoms with E-state index in [1.165, 1.54) is 5.56 Å². The summed E-state index contributed by atoms with van der Waals surface area (Å²) in [6.45, 7) is 23.6. The SMILES string of the molecule is C=C1C(C)=C(/C=C\C)C(=O)N1Cc1ccc(C(C)C)cc1OCCC.CC.CC. The Morgan fingerprint density at radius 3 is 2.31 bits per heavy atom. The zero-order chi connectivity index (χ0) is 22.6. The van der Waals surface area contributed by atoms with E-state index in [9.17, 15) is 4.79 Å². The van der Waals surface area contributed by atoms with E-state index in [1.54, 1.807) is 4.90 Å². The molecule has 1 aliphatic heterocycles. The van der Waals surface area contributed by atoms with E-state index in [0.29, 0.717) is 19.1 Å². The second-order valence-corrected chi connectivity index (χ2v) is 6.75. The van der Waals surface area contributed by atoms with Crippen molar-refractivity contribution in [3.8, 4) is 5.75 Å². The molecule has 1 aliphatic rings. The van der Waals surface area contributed by atoms with Crippen LogP contribution in [-0.4, -0.2) is 17.4 Å². The zero-order valence-corrected chi connectivity index (χ0v) is 20.1. The van der Waals surface area contributed by atoms with Gasteiger partial charge >= 0.3 is 0 Å². The maximum atomic E-state index is 12.7. The molecule has 0 N–H and O–H groups in total. The van der Waals surface area contributed by atoms with Gasteiger partial charge in [0.1, 0.15) is 5.75 Å². The Hall–Kier alpha value is -2.29. The first-order valence-corrected chi connectivity index (χ1v) is 11.0. The number of ether oxygens (including phenoxy) is 1. The Bertz CT molecular complexity index is 726. The van der Waals surface area contributed by atoms with Crippen molar-refractivity contribution < 1.29 is 9.53 Å². The molecule has 1 aromatic carbocycles. The summed E-state index contributed by atoms with van der Waals surface area (Å²) in [7, 11) is 0. The van der Waals surface area contributed by atoms with Crippen molar-refractivity contribution in [1.29, 1.82) is 0 Å². The molecule has 0 fully saturated rings. The van der Waals surface area contributed by atoms with Gasteiger partial charge in [0.15, 0.2) is 0 Å². The highest BCUT2D eigenvalue weighted by atomic mass is 16.5. The average molecular weight is 400 g/mol. The molecule has 162 valence electrons. The number of allylic oxidation sites excluding steroid dienone is 2. The summed E-state index contributed by atoms with van der Waals surface area (Å²) in [5.74, 6) is 1.31. The largest absolute Gasteiger partial charge is 0.493 e. The smallest absolute Gasteiger partial charge is 0.258 e. The Morgan fingerprint density at radius 1 is 1.17 bits per heavy atom. The van der Waals surface area contributed by atoms with Crippen molar-refractivity contribution in [3.63, 3.8) is 0 Å². The van der Waals surface area contributed by atoms with Gasteiger partial charge in [-0.05, 0) is 43.4 Å². The lowest BCUT2D eigenvalue weighted by atomic mass is 10.0. The van der Waals surface area contributed by atoms with Crippen LogP contribution in [0.4, 0.5) is 0 Å². The van der Waals surface area contributed by atoms with E-state index < -0.39 is 0 Å². The first-order valence-electron chi connectivity index (χ1n) is 11.0. The lowest BCUT2D eigenvalue weighted by Crippen LogP contribution is -2.25. The third-order valence-corrected chi connectivity index (χ3v) is 4.52. The summed E-state index contributed by atoms with van der Waals surface area (Å²) in [4.78, 5) is 14.5. The fraction of sp³-hybridized carbons (Fsp3) is 0.500.